The summed E-state index contributed by atoms with van der Waals surface area (Å²) in [5, 5.41) is 3.30. The monoisotopic (exact) mass is 482 g/mol. The lowest BCUT2D eigenvalue weighted by Crippen LogP contribution is -2.44. The molecule has 30 heavy (non-hydrogen) atoms. The van der Waals surface area contributed by atoms with E-state index in [1.165, 1.54) is 0 Å². The lowest BCUT2D eigenvalue weighted by molar-refractivity contribution is -0.150. The number of hydrogen-bond acceptors (Lipinski definition) is 12. The summed E-state index contributed by atoms with van der Waals surface area (Å²) in [5.41, 5.74) is -0.169. The highest BCUT2D eigenvalue weighted by molar-refractivity contribution is 8.71. The summed E-state index contributed by atoms with van der Waals surface area (Å²) >= 11 is 1.07. The quantitative estimate of drug-likeness (QED) is 0.361. The van der Waals surface area contributed by atoms with Crippen molar-refractivity contribution in [3.63, 3.8) is 0 Å². The minimum Gasteiger partial charge on any atom is -0.470 e. The number of carbonyl (C=O) groups is 1. The van der Waals surface area contributed by atoms with Crippen LogP contribution < -0.4 is 15.0 Å². The van der Waals surface area contributed by atoms with Crippen molar-refractivity contribution in [1.29, 1.82) is 0 Å². The Morgan fingerprint density at radius 1 is 1.33 bits per heavy atom. The Hall–Kier alpha value is -1.15. The Morgan fingerprint density at radius 2 is 2.03 bits per heavy atom. The number of rotatable bonds is 11. The normalized spacial score (nSPS) is 16.3. The van der Waals surface area contributed by atoms with Gasteiger partial charge in [-0.05, 0) is 31.6 Å². The molecule has 1 fully saturated rings. The SMILES string of the molecule is CC(C)(C)NC[C@@H](COc1nsnc1N1CCOCC1)OC(=O)CCSS(C)(=O)=O. The van der Waals surface area contributed by atoms with Crippen molar-refractivity contribution >= 4 is 43.2 Å². The van der Waals surface area contributed by atoms with Gasteiger partial charge < -0.3 is 24.4 Å². The van der Waals surface area contributed by atoms with E-state index in [1.54, 1.807) is 0 Å². The van der Waals surface area contributed by atoms with Crippen LogP contribution in [0.5, 0.6) is 5.88 Å². The van der Waals surface area contributed by atoms with Crippen LogP contribution in [-0.4, -0.2) is 86.2 Å². The molecule has 0 radical (unpaired) electrons. The van der Waals surface area contributed by atoms with E-state index in [0.29, 0.717) is 44.5 Å². The van der Waals surface area contributed by atoms with Gasteiger partial charge in [-0.3, -0.25) is 4.79 Å². The largest absolute Gasteiger partial charge is 0.470 e. The van der Waals surface area contributed by atoms with Crippen LogP contribution in [0, 0.1) is 0 Å². The maximum atomic E-state index is 12.2. The molecular weight excluding hydrogens is 452 g/mol. The van der Waals surface area contributed by atoms with Gasteiger partial charge in [-0.25, -0.2) is 8.42 Å². The molecule has 2 heterocycles. The first-order valence-electron chi connectivity index (χ1n) is 9.60. The zero-order valence-corrected chi connectivity index (χ0v) is 20.2. The van der Waals surface area contributed by atoms with Gasteiger partial charge in [0.25, 0.3) is 5.88 Å². The van der Waals surface area contributed by atoms with Gasteiger partial charge in [-0.2, -0.15) is 4.37 Å². The van der Waals surface area contributed by atoms with Crippen LogP contribution in [0.2, 0.25) is 0 Å². The van der Waals surface area contributed by atoms with Crippen molar-refractivity contribution < 1.29 is 27.4 Å². The number of anilines is 1. The summed E-state index contributed by atoms with van der Waals surface area (Å²) in [6.45, 7) is 9.20. The van der Waals surface area contributed by atoms with Gasteiger partial charge in [0, 0.05) is 37.2 Å². The van der Waals surface area contributed by atoms with E-state index in [-0.39, 0.29) is 24.3 Å². The molecule has 0 aliphatic carbocycles. The van der Waals surface area contributed by atoms with E-state index in [1.807, 2.05) is 20.8 Å². The van der Waals surface area contributed by atoms with Gasteiger partial charge in [0.15, 0.2) is 8.87 Å². The molecule has 0 saturated carbocycles. The van der Waals surface area contributed by atoms with Crippen molar-refractivity contribution in [2.75, 3.05) is 56.4 Å². The minimum absolute atomic E-state index is 0.00103. The van der Waals surface area contributed by atoms with Crippen molar-refractivity contribution in [1.82, 2.24) is 14.1 Å². The first-order chi connectivity index (χ1) is 14.0. The lowest BCUT2D eigenvalue weighted by atomic mass is 10.1. The molecule has 0 amide bonds. The first-order valence-corrected chi connectivity index (χ1v) is 13.7. The summed E-state index contributed by atoms with van der Waals surface area (Å²) in [5.74, 6) is 0.753. The Morgan fingerprint density at radius 3 is 2.67 bits per heavy atom. The average molecular weight is 483 g/mol. The number of hydrogen-bond donors (Lipinski definition) is 1. The average Bonchev–Trinajstić information content (AvgIpc) is 3.11. The predicted molar refractivity (Wildman–Crippen MR) is 118 cm³/mol. The fourth-order valence-corrected chi connectivity index (χ4v) is 4.71. The number of ether oxygens (including phenoxy) is 3. The second-order valence-corrected chi connectivity index (χ2v) is 12.9. The number of esters is 1. The minimum atomic E-state index is -3.19. The zero-order valence-electron chi connectivity index (χ0n) is 17.8. The van der Waals surface area contributed by atoms with Gasteiger partial charge >= 0.3 is 5.97 Å². The molecule has 0 unspecified atom stereocenters. The van der Waals surface area contributed by atoms with Crippen LogP contribution in [0.1, 0.15) is 27.2 Å². The van der Waals surface area contributed by atoms with Crippen LogP contribution in [-0.2, 0) is 23.1 Å². The molecule has 10 nitrogen and oxygen atoms in total. The fraction of sp³-hybridized carbons (Fsp3) is 0.824. The molecular formula is C17H30N4O6S3. The van der Waals surface area contributed by atoms with Gasteiger partial charge in [-0.1, -0.05) is 0 Å². The van der Waals surface area contributed by atoms with Gasteiger partial charge in [-0.15, -0.1) is 4.37 Å². The highest BCUT2D eigenvalue weighted by Crippen LogP contribution is 2.26. The third-order valence-corrected chi connectivity index (χ3v) is 7.01. The standard InChI is InChI=1S/C17H30N4O6S3/c1-17(2,3)18-11-13(27-14(22)5-10-28-30(4,23)24)12-26-16-15(19-29-20-16)21-6-8-25-9-7-21/h13,18H,5-12H2,1-4H3/t13-/m0/s1. The smallest absolute Gasteiger partial charge is 0.307 e. The number of carbonyl (C=O) groups excluding carboxylic acids is 1. The molecule has 172 valence electrons. The molecule has 1 aliphatic heterocycles. The molecule has 0 aromatic carbocycles. The molecule has 0 spiro atoms. The molecule has 1 atom stereocenters. The van der Waals surface area contributed by atoms with E-state index >= 15 is 0 Å². The molecule has 1 aliphatic rings. The Bertz CT molecular complexity index is 775. The topological polar surface area (TPSA) is 120 Å². The summed E-state index contributed by atoms with van der Waals surface area (Å²) in [6.07, 6.45) is 0.557. The van der Waals surface area contributed by atoms with Gasteiger partial charge in [0.05, 0.1) is 31.4 Å². The maximum absolute atomic E-state index is 12.2. The number of nitrogens with zero attached hydrogens (tertiary/aromatic N) is 3. The van der Waals surface area contributed by atoms with Gasteiger partial charge in [0.2, 0.25) is 5.82 Å². The summed E-state index contributed by atoms with van der Waals surface area (Å²) < 4.78 is 47.7. The number of aromatic nitrogens is 2. The summed E-state index contributed by atoms with van der Waals surface area (Å²) in [7, 11) is -2.46. The fourth-order valence-electron chi connectivity index (χ4n) is 2.48. The van der Waals surface area contributed by atoms with Crippen molar-refractivity contribution in [2.45, 2.75) is 38.8 Å². The predicted octanol–water partition coefficient (Wildman–Crippen LogP) is 1.14. The molecule has 0 bridgehead atoms. The van der Waals surface area contributed by atoms with E-state index in [4.69, 9.17) is 14.2 Å². The highest BCUT2D eigenvalue weighted by Gasteiger charge is 2.23. The van der Waals surface area contributed by atoms with Crippen molar-refractivity contribution in [3.05, 3.63) is 0 Å². The van der Waals surface area contributed by atoms with Crippen LogP contribution >= 0.6 is 22.5 Å². The highest BCUT2D eigenvalue weighted by atomic mass is 33.1. The molecule has 1 aromatic heterocycles. The Kier molecular flexibility index (Phi) is 9.60. The Labute approximate surface area is 185 Å². The van der Waals surface area contributed by atoms with E-state index in [0.717, 1.165) is 28.8 Å². The van der Waals surface area contributed by atoms with Crippen LogP contribution in [0.15, 0.2) is 0 Å². The summed E-state index contributed by atoms with van der Waals surface area (Å²) in [6, 6.07) is 0. The van der Waals surface area contributed by atoms with E-state index in [2.05, 4.69) is 19.0 Å². The van der Waals surface area contributed by atoms with Crippen LogP contribution in [0.4, 0.5) is 5.82 Å². The molecule has 13 heteroatoms. The molecule has 1 saturated heterocycles. The lowest BCUT2D eigenvalue weighted by Gasteiger charge is -2.27. The maximum Gasteiger partial charge on any atom is 0.307 e. The molecule has 1 aromatic rings. The molecule has 1 N–H and O–H groups in total. The molecule has 2 rings (SSSR count). The van der Waals surface area contributed by atoms with Crippen LogP contribution in [0.3, 0.4) is 0 Å². The van der Waals surface area contributed by atoms with Gasteiger partial charge in [0.1, 0.15) is 12.7 Å². The second kappa shape index (κ2) is 11.5. The Balaban J connectivity index is 1.93. The third kappa shape index (κ3) is 9.77. The van der Waals surface area contributed by atoms with Crippen LogP contribution in [0.25, 0.3) is 0 Å². The van der Waals surface area contributed by atoms with Crippen molar-refractivity contribution in [3.8, 4) is 5.88 Å². The van der Waals surface area contributed by atoms with E-state index < -0.39 is 20.9 Å². The third-order valence-electron chi connectivity index (χ3n) is 3.92. The number of morpholine rings is 1. The summed E-state index contributed by atoms with van der Waals surface area (Å²) in [4.78, 5) is 14.2. The number of nitrogens with one attached hydrogen (secondary N) is 1. The second-order valence-electron chi connectivity index (χ2n) is 7.82. The first kappa shape index (κ1) is 25.1. The van der Waals surface area contributed by atoms with Crippen molar-refractivity contribution in [2.24, 2.45) is 0 Å². The van der Waals surface area contributed by atoms with E-state index in [9.17, 15) is 13.2 Å². The zero-order chi connectivity index (χ0) is 22.2.